The second kappa shape index (κ2) is 2.43. The lowest BCUT2D eigenvalue weighted by Crippen LogP contribution is -2.34. The Morgan fingerprint density at radius 1 is 1.64 bits per heavy atom. The van der Waals surface area contributed by atoms with Crippen LogP contribution in [0.2, 0.25) is 0 Å². The van der Waals surface area contributed by atoms with Gasteiger partial charge in [-0.15, -0.1) is 11.3 Å². The van der Waals surface area contributed by atoms with Gasteiger partial charge in [0.2, 0.25) is 0 Å². The number of hydrogen-bond acceptors (Lipinski definition) is 3. The van der Waals surface area contributed by atoms with Gasteiger partial charge in [-0.3, -0.25) is 4.79 Å². The van der Waals surface area contributed by atoms with E-state index in [1.807, 2.05) is 11.4 Å². The van der Waals surface area contributed by atoms with Gasteiger partial charge in [0.15, 0.2) is 5.78 Å². The van der Waals surface area contributed by atoms with Gasteiger partial charge in [-0.1, -0.05) is 0 Å². The van der Waals surface area contributed by atoms with E-state index in [1.165, 1.54) is 4.88 Å². The van der Waals surface area contributed by atoms with Crippen molar-refractivity contribution in [2.75, 3.05) is 0 Å². The van der Waals surface area contributed by atoms with Crippen LogP contribution in [-0.4, -0.2) is 11.8 Å². The Morgan fingerprint density at radius 2 is 2.45 bits per heavy atom. The average molecular weight is 167 g/mol. The number of carbonyl (C=O) groups is 1. The number of fused-ring (bicyclic) bond motifs is 1. The van der Waals surface area contributed by atoms with Crippen molar-refractivity contribution in [3.63, 3.8) is 0 Å². The SMILES string of the molecule is N[C@H]1CCc2sccc2C1=O. The third kappa shape index (κ3) is 1.01. The predicted octanol–water partition coefficient (Wildman–Crippen LogP) is 1.20. The van der Waals surface area contributed by atoms with Gasteiger partial charge in [0.05, 0.1) is 6.04 Å². The zero-order chi connectivity index (χ0) is 7.84. The fourth-order valence-corrected chi connectivity index (χ4v) is 2.27. The van der Waals surface area contributed by atoms with Crippen LogP contribution in [0.25, 0.3) is 0 Å². The zero-order valence-corrected chi connectivity index (χ0v) is 6.86. The largest absolute Gasteiger partial charge is 0.321 e. The van der Waals surface area contributed by atoms with Gasteiger partial charge < -0.3 is 5.73 Å². The molecule has 2 N–H and O–H groups in total. The van der Waals surface area contributed by atoms with E-state index in [-0.39, 0.29) is 11.8 Å². The number of Topliss-reactive ketones (excluding diaryl/α,β-unsaturated/α-hetero) is 1. The van der Waals surface area contributed by atoms with Crippen molar-refractivity contribution in [2.45, 2.75) is 18.9 Å². The Labute approximate surface area is 69.0 Å². The molecule has 0 saturated carbocycles. The summed E-state index contributed by atoms with van der Waals surface area (Å²) in [4.78, 5) is 12.6. The Kier molecular flexibility index (Phi) is 1.55. The van der Waals surface area contributed by atoms with E-state index in [4.69, 9.17) is 5.73 Å². The number of thiophene rings is 1. The lowest BCUT2D eigenvalue weighted by molar-refractivity contribution is 0.0949. The minimum absolute atomic E-state index is 0.118. The molecule has 3 heteroatoms. The monoisotopic (exact) mass is 167 g/mol. The lowest BCUT2D eigenvalue weighted by atomic mass is 9.94. The van der Waals surface area contributed by atoms with E-state index in [1.54, 1.807) is 11.3 Å². The Morgan fingerprint density at radius 3 is 3.27 bits per heavy atom. The Bertz CT molecular complexity index is 292. The molecule has 0 aliphatic heterocycles. The van der Waals surface area contributed by atoms with Crippen LogP contribution in [0.4, 0.5) is 0 Å². The van der Waals surface area contributed by atoms with Gasteiger partial charge in [0.1, 0.15) is 0 Å². The zero-order valence-electron chi connectivity index (χ0n) is 6.04. The van der Waals surface area contributed by atoms with Crippen molar-refractivity contribution in [3.8, 4) is 0 Å². The van der Waals surface area contributed by atoms with Crippen LogP contribution in [0.15, 0.2) is 11.4 Å². The van der Waals surface area contributed by atoms with Crippen molar-refractivity contribution in [1.82, 2.24) is 0 Å². The number of ketones is 1. The van der Waals surface area contributed by atoms with Crippen LogP contribution in [0.5, 0.6) is 0 Å². The molecule has 11 heavy (non-hydrogen) atoms. The molecule has 0 amide bonds. The highest BCUT2D eigenvalue weighted by Gasteiger charge is 2.24. The summed E-state index contributed by atoms with van der Waals surface area (Å²) >= 11 is 1.65. The summed E-state index contributed by atoms with van der Waals surface area (Å²) in [5.41, 5.74) is 6.46. The quantitative estimate of drug-likeness (QED) is 0.631. The first-order chi connectivity index (χ1) is 5.29. The number of nitrogens with two attached hydrogens (primary N) is 1. The average Bonchev–Trinajstić information content (AvgIpc) is 2.45. The molecule has 0 unspecified atom stereocenters. The van der Waals surface area contributed by atoms with Crippen LogP contribution in [0.1, 0.15) is 21.7 Å². The van der Waals surface area contributed by atoms with Gasteiger partial charge >= 0.3 is 0 Å². The van der Waals surface area contributed by atoms with Crippen LogP contribution >= 0.6 is 11.3 Å². The molecule has 2 nitrogen and oxygen atoms in total. The molecule has 1 aliphatic rings. The molecule has 0 radical (unpaired) electrons. The first-order valence-electron chi connectivity index (χ1n) is 3.65. The molecule has 1 heterocycles. The number of hydrogen-bond donors (Lipinski definition) is 1. The van der Waals surface area contributed by atoms with Gasteiger partial charge in [-0.05, 0) is 24.3 Å². The summed E-state index contributed by atoms with van der Waals surface area (Å²) in [7, 11) is 0. The van der Waals surface area contributed by atoms with Crippen molar-refractivity contribution in [1.29, 1.82) is 0 Å². The molecule has 0 bridgehead atoms. The van der Waals surface area contributed by atoms with Crippen molar-refractivity contribution >= 4 is 17.1 Å². The topological polar surface area (TPSA) is 43.1 Å². The minimum Gasteiger partial charge on any atom is -0.321 e. The molecular weight excluding hydrogens is 158 g/mol. The van der Waals surface area contributed by atoms with Crippen molar-refractivity contribution in [3.05, 3.63) is 21.9 Å². The van der Waals surface area contributed by atoms with Crippen LogP contribution < -0.4 is 5.73 Å². The van der Waals surface area contributed by atoms with E-state index < -0.39 is 0 Å². The van der Waals surface area contributed by atoms with Gasteiger partial charge in [0, 0.05) is 10.4 Å². The maximum atomic E-state index is 11.4. The number of aryl methyl sites for hydroxylation is 1. The standard InChI is InChI=1S/C8H9NOS/c9-6-1-2-7-5(8(6)10)3-4-11-7/h3-4,6H,1-2,9H2/t6-/m0/s1. The number of carbonyl (C=O) groups excluding carboxylic acids is 1. The summed E-state index contributed by atoms with van der Waals surface area (Å²) in [6.45, 7) is 0. The Balaban J connectivity index is 2.46. The number of rotatable bonds is 0. The minimum atomic E-state index is -0.253. The van der Waals surface area contributed by atoms with E-state index in [2.05, 4.69) is 0 Å². The second-order valence-electron chi connectivity index (χ2n) is 2.77. The lowest BCUT2D eigenvalue weighted by Gasteiger charge is -2.15. The first-order valence-corrected chi connectivity index (χ1v) is 4.53. The second-order valence-corrected chi connectivity index (χ2v) is 3.77. The van der Waals surface area contributed by atoms with Crippen LogP contribution in [0, 0.1) is 0 Å². The maximum absolute atomic E-state index is 11.4. The molecule has 1 aromatic rings. The predicted molar refractivity (Wildman–Crippen MR) is 44.9 cm³/mol. The van der Waals surface area contributed by atoms with E-state index in [0.717, 1.165) is 18.4 Å². The Hall–Kier alpha value is -0.670. The van der Waals surface area contributed by atoms with E-state index >= 15 is 0 Å². The fraction of sp³-hybridized carbons (Fsp3) is 0.375. The smallest absolute Gasteiger partial charge is 0.180 e. The highest BCUT2D eigenvalue weighted by Crippen LogP contribution is 2.25. The molecule has 0 saturated heterocycles. The van der Waals surface area contributed by atoms with Crippen LogP contribution in [-0.2, 0) is 6.42 Å². The highest BCUT2D eigenvalue weighted by molar-refractivity contribution is 7.10. The normalized spacial score (nSPS) is 23.4. The molecule has 1 aromatic heterocycles. The van der Waals surface area contributed by atoms with E-state index in [0.29, 0.717) is 0 Å². The molecule has 0 aromatic carbocycles. The summed E-state index contributed by atoms with van der Waals surface area (Å²) in [5, 5.41) is 1.96. The molecule has 2 rings (SSSR count). The molecular formula is C8H9NOS. The van der Waals surface area contributed by atoms with Gasteiger partial charge in [0.25, 0.3) is 0 Å². The van der Waals surface area contributed by atoms with Crippen molar-refractivity contribution in [2.24, 2.45) is 5.73 Å². The summed E-state index contributed by atoms with van der Waals surface area (Å²) in [5.74, 6) is 0.118. The first kappa shape index (κ1) is 7.00. The van der Waals surface area contributed by atoms with Gasteiger partial charge in [-0.2, -0.15) is 0 Å². The van der Waals surface area contributed by atoms with E-state index in [9.17, 15) is 4.79 Å². The fourth-order valence-electron chi connectivity index (χ4n) is 1.37. The third-order valence-corrected chi connectivity index (χ3v) is 3.01. The third-order valence-electron chi connectivity index (χ3n) is 2.03. The molecule has 1 atom stereocenters. The highest BCUT2D eigenvalue weighted by atomic mass is 32.1. The van der Waals surface area contributed by atoms with Crippen LogP contribution in [0.3, 0.4) is 0 Å². The molecule has 0 spiro atoms. The van der Waals surface area contributed by atoms with Gasteiger partial charge in [-0.25, -0.2) is 0 Å². The molecule has 1 aliphatic carbocycles. The maximum Gasteiger partial charge on any atom is 0.180 e. The summed E-state index contributed by atoms with van der Waals surface area (Å²) in [6.07, 6.45) is 1.78. The molecule has 58 valence electrons. The summed E-state index contributed by atoms with van der Waals surface area (Å²) < 4.78 is 0. The summed E-state index contributed by atoms with van der Waals surface area (Å²) in [6, 6.07) is 1.62. The molecule has 0 fully saturated rings. The van der Waals surface area contributed by atoms with Crippen molar-refractivity contribution < 1.29 is 4.79 Å².